The van der Waals surface area contributed by atoms with E-state index in [-0.39, 0.29) is 0 Å². The average Bonchev–Trinajstić information content (AvgIpc) is 4.07. The van der Waals surface area contributed by atoms with Crippen molar-refractivity contribution in [1.29, 1.82) is 0 Å². The first-order valence-corrected chi connectivity index (χ1v) is 21.7. The summed E-state index contributed by atoms with van der Waals surface area (Å²) < 4.78 is 10.6. The Kier molecular flexibility index (Phi) is 8.39. The summed E-state index contributed by atoms with van der Waals surface area (Å²) in [5.41, 5.74) is 14.1. The van der Waals surface area contributed by atoms with Gasteiger partial charge < -0.3 is 4.42 Å². The van der Waals surface area contributed by atoms with E-state index in [4.69, 9.17) is 24.4 Å². The maximum absolute atomic E-state index is 6.23. The van der Waals surface area contributed by atoms with Crippen LogP contribution in [0, 0.1) is 0 Å². The number of nitrogens with zero attached hydrogens (tertiary/aromatic N) is 6. The molecule has 65 heavy (non-hydrogen) atoms. The van der Waals surface area contributed by atoms with Crippen LogP contribution in [0.25, 0.3) is 123 Å². The van der Waals surface area contributed by atoms with Gasteiger partial charge in [-0.05, 0) is 100 Å². The van der Waals surface area contributed by atoms with Gasteiger partial charge in [-0.2, -0.15) is 15.0 Å². The summed E-state index contributed by atoms with van der Waals surface area (Å²) in [5.74, 6) is 2.31. The molecule has 0 aliphatic heterocycles. The van der Waals surface area contributed by atoms with Gasteiger partial charge in [0.1, 0.15) is 5.52 Å². The molecule has 7 nitrogen and oxygen atoms in total. The second kappa shape index (κ2) is 14.9. The zero-order valence-electron chi connectivity index (χ0n) is 34.9. The van der Waals surface area contributed by atoms with Gasteiger partial charge in [-0.25, -0.2) is 4.98 Å². The summed E-state index contributed by atoms with van der Waals surface area (Å²) in [4.78, 5) is 20.7. The molecule has 0 radical (unpaired) electrons. The standard InChI is InChI=1S/C58H36N6O/c1-2-15-37(16-3-1)56-59-49-32-31-43(36-54(49)65-56)41-20-13-18-39(34-41)38-17-12-19-40(33-38)42-21-14-22-44(35-42)55-60-57(63-50-27-8-4-23-45(50)46-24-5-9-28-51(46)63)62-58(61-55)64-52-29-10-6-25-47(52)48-26-7-11-30-53(48)64/h1-36H. The lowest BCUT2D eigenvalue weighted by Gasteiger charge is -2.13. The molecule has 0 amide bonds. The van der Waals surface area contributed by atoms with E-state index in [0.29, 0.717) is 23.6 Å². The molecule has 0 N–H and O–H groups in total. The van der Waals surface area contributed by atoms with E-state index in [1.165, 1.54) is 0 Å². The summed E-state index contributed by atoms with van der Waals surface area (Å²) >= 11 is 0. The van der Waals surface area contributed by atoms with E-state index in [0.717, 1.165) is 99.2 Å². The largest absolute Gasteiger partial charge is 0.436 e. The Hall–Kier alpha value is -8.94. The van der Waals surface area contributed by atoms with Gasteiger partial charge in [0.05, 0.1) is 22.1 Å². The Bertz CT molecular complexity index is 3730. The fourth-order valence-electron chi connectivity index (χ4n) is 9.36. The molecule has 9 aromatic carbocycles. The summed E-state index contributed by atoms with van der Waals surface area (Å²) in [5, 5.41) is 4.57. The molecular weight excluding hydrogens is 797 g/mol. The highest BCUT2D eigenvalue weighted by Gasteiger charge is 2.21. The molecule has 0 bridgehead atoms. The fraction of sp³-hybridized carbons (Fsp3) is 0. The lowest BCUT2D eigenvalue weighted by Crippen LogP contribution is -2.10. The van der Waals surface area contributed by atoms with Gasteiger partial charge in [0.15, 0.2) is 11.4 Å². The maximum atomic E-state index is 6.23. The lowest BCUT2D eigenvalue weighted by atomic mass is 9.95. The Morgan fingerprint density at radius 2 is 0.677 bits per heavy atom. The van der Waals surface area contributed by atoms with E-state index < -0.39 is 0 Å². The van der Waals surface area contributed by atoms with Gasteiger partial charge in [0.25, 0.3) is 0 Å². The van der Waals surface area contributed by atoms with Crippen molar-refractivity contribution in [2.75, 3.05) is 0 Å². The summed E-state index contributed by atoms with van der Waals surface area (Å²) in [6.45, 7) is 0. The van der Waals surface area contributed by atoms with Crippen molar-refractivity contribution in [3.8, 4) is 68.1 Å². The number of para-hydroxylation sites is 4. The first-order chi connectivity index (χ1) is 32.2. The number of fused-ring (bicyclic) bond motifs is 7. The van der Waals surface area contributed by atoms with Gasteiger partial charge in [-0.15, -0.1) is 0 Å². The first-order valence-electron chi connectivity index (χ1n) is 21.7. The zero-order chi connectivity index (χ0) is 42.8. The van der Waals surface area contributed by atoms with E-state index in [1.807, 2.05) is 36.4 Å². The average molecular weight is 833 g/mol. The molecule has 0 atom stereocenters. The van der Waals surface area contributed by atoms with Crippen molar-refractivity contribution >= 4 is 54.7 Å². The molecule has 0 saturated carbocycles. The predicted molar refractivity (Wildman–Crippen MR) is 263 cm³/mol. The number of rotatable bonds is 7. The van der Waals surface area contributed by atoms with Gasteiger partial charge in [-0.1, -0.05) is 152 Å². The van der Waals surface area contributed by atoms with Crippen LogP contribution in [-0.4, -0.2) is 29.1 Å². The van der Waals surface area contributed by atoms with Crippen LogP contribution < -0.4 is 0 Å². The van der Waals surface area contributed by atoms with Gasteiger partial charge >= 0.3 is 0 Å². The van der Waals surface area contributed by atoms with Crippen molar-refractivity contribution in [2.24, 2.45) is 0 Å². The van der Waals surface area contributed by atoms with Crippen LogP contribution in [0.2, 0.25) is 0 Å². The molecule has 7 heteroatoms. The van der Waals surface area contributed by atoms with Crippen molar-refractivity contribution in [2.45, 2.75) is 0 Å². The van der Waals surface area contributed by atoms with Crippen LogP contribution in [0.1, 0.15) is 0 Å². The van der Waals surface area contributed by atoms with Crippen LogP contribution in [0.4, 0.5) is 0 Å². The third-order valence-electron chi connectivity index (χ3n) is 12.4. The zero-order valence-corrected chi connectivity index (χ0v) is 34.9. The lowest BCUT2D eigenvalue weighted by molar-refractivity contribution is 0.620. The van der Waals surface area contributed by atoms with Gasteiger partial charge in [0.2, 0.25) is 17.8 Å². The fourth-order valence-corrected chi connectivity index (χ4v) is 9.36. The minimum atomic E-state index is 0.552. The molecule has 0 saturated heterocycles. The van der Waals surface area contributed by atoms with Crippen molar-refractivity contribution in [3.05, 3.63) is 218 Å². The van der Waals surface area contributed by atoms with Crippen LogP contribution in [0.3, 0.4) is 0 Å². The third-order valence-corrected chi connectivity index (χ3v) is 12.4. The van der Waals surface area contributed by atoms with Crippen molar-refractivity contribution in [3.63, 3.8) is 0 Å². The highest BCUT2D eigenvalue weighted by Crippen LogP contribution is 2.37. The van der Waals surface area contributed by atoms with Crippen LogP contribution >= 0.6 is 0 Å². The Morgan fingerprint density at radius 1 is 0.292 bits per heavy atom. The van der Waals surface area contributed by atoms with E-state index in [1.54, 1.807) is 0 Å². The summed E-state index contributed by atoms with van der Waals surface area (Å²) in [7, 11) is 0. The second-order valence-electron chi connectivity index (χ2n) is 16.3. The van der Waals surface area contributed by atoms with Crippen LogP contribution in [0.15, 0.2) is 223 Å². The van der Waals surface area contributed by atoms with Crippen molar-refractivity contribution in [1.82, 2.24) is 29.1 Å². The monoisotopic (exact) mass is 832 g/mol. The maximum Gasteiger partial charge on any atom is 0.240 e. The predicted octanol–water partition coefficient (Wildman–Crippen LogP) is 14.5. The molecule has 4 heterocycles. The Balaban J connectivity index is 0.917. The second-order valence-corrected chi connectivity index (χ2v) is 16.3. The Morgan fingerprint density at radius 3 is 1.15 bits per heavy atom. The number of aromatic nitrogens is 6. The highest BCUT2D eigenvalue weighted by atomic mass is 16.3. The quantitative estimate of drug-likeness (QED) is 0.160. The topological polar surface area (TPSA) is 74.6 Å². The SMILES string of the molecule is c1ccc(-c2nc3ccc(-c4cccc(-c5cccc(-c6cccc(-c7nc(-n8c9ccccc9c9ccccc98)nc(-n8c9ccccc9c9ccccc98)n7)c6)c5)c4)cc3o2)cc1. The van der Waals surface area contributed by atoms with Crippen LogP contribution in [0.5, 0.6) is 0 Å². The molecule has 0 unspecified atom stereocenters. The third kappa shape index (κ3) is 6.20. The van der Waals surface area contributed by atoms with Gasteiger partial charge in [0, 0.05) is 32.7 Å². The van der Waals surface area contributed by atoms with Crippen molar-refractivity contribution < 1.29 is 4.42 Å². The Labute approximate surface area is 373 Å². The molecule has 4 aromatic heterocycles. The van der Waals surface area contributed by atoms with E-state index in [2.05, 4.69) is 191 Å². The first kappa shape index (κ1) is 36.7. The normalized spacial score (nSPS) is 11.7. The number of hydrogen-bond donors (Lipinski definition) is 0. The summed E-state index contributed by atoms with van der Waals surface area (Å²) in [6.07, 6.45) is 0. The van der Waals surface area contributed by atoms with Gasteiger partial charge in [-0.3, -0.25) is 9.13 Å². The molecule has 0 aliphatic rings. The number of oxazole rings is 1. The summed E-state index contributed by atoms with van der Waals surface area (Å²) in [6, 6.07) is 75.9. The van der Waals surface area contributed by atoms with Crippen LogP contribution in [-0.2, 0) is 0 Å². The van der Waals surface area contributed by atoms with E-state index in [9.17, 15) is 0 Å². The molecule has 0 spiro atoms. The minimum Gasteiger partial charge on any atom is -0.436 e. The molecular formula is C58H36N6O. The highest BCUT2D eigenvalue weighted by molar-refractivity contribution is 6.10. The van der Waals surface area contributed by atoms with E-state index >= 15 is 0 Å². The molecule has 13 rings (SSSR count). The number of hydrogen-bond acceptors (Lipinski definition) is 5. The molecule has 304 valence electrons. The minimum absolute atomic E-state index is 0.552. The smallest absolute Gasteiger partial charge is 0.240 e. The molecule has 0 aliphatic carbocycles. The number of benzene rings is 9. The molecule has 0 fully saturated rings. The molecule has 13 aromatic rings.